The van der Waals surface area contributed by atoms with Crippen LogP contribution in [-0.4, -0.2) is 32.5 Å². The quantitative estimate of drug-likeness (QED) is 0.675. The van der Waals surface area contributed by atoms with Gasteiger partial charge >= 0.3 is 0 Å². The highest BCUT2D eigenvalue weighted by Crippen LogP contribution is 2.16. The number of non-ortho nitro benzene ring substituents is 1. The first-order valence-corrected chi connectivity index (χ1v) is 6.55. The Kier molecular flexibility index (Phi) is 4.32. The molecule has 0 spiro atoms. The van der Waals surface area contributed by atoms with Crippen LogP contribution in [0.2, 0.25) is 0 Å². The number of nitro benzene ring substituents is 1. The van der Waals surface area contributed by atoms with Crippen LogP contribution in [0.25, 0.3) is 0 Å². The van der Waals surface area contributed by atoms with E-state index in [0.29, 0.717) is 24.3 Å². The van der Waals surface area contributed by atoms with Gasteiger partial charge in [0.05, 0.1) is 16.7 Å². The zero-order chi connectivity index (χ0) is 15.4. The molecule has 1 heterocycles. The first kappa shape index (κ1) is 14.7. The van der Waals surface area contributed by atoms with Crippen molar-refractivity contribution in [2.24, 2.45) is 0 Å². The van der Waals surface area contributed by atoms with Crippen LogP contribution in [0, 0.1) is 17.0 Å². The third-order valence-corrected chi connectivity index (χ3v) is 3.22. The molecule has 2 aromatic rings. The van der Waals surface area contributed by atoms with Crippen molar-refractivity contribution in [1.29, 1.82) is 0 Å². The topological polar surface area (TPSA) is 92.1 Å². The van der Waals surface area contributed by atoms with E-state index in [2.05, 4.69) is 10.2 Å². The largest absolute Gasteiger partial charge is 0.334 e. The summed E-state index contributed by atoms with van der Waals surface area (Å²) in [7, 11) is 0. The minimum absolute atomic E-state index is 0.0236. The van der Waals surface area contributed by atoms with Crippen LogP contribution in [0.4, 0.5) is 5.69 Å². The summed E-state index contributed by atoms with van der Waals surface area (Å²) in [5, 5.41) is 17.4. The Bertz CT molecular complexity index is 666. The molecule has 0 saturated carbocycles. The molecular weight excluding hydrogens is 272 g/mol. The third-order valence-electron chi connectivity index (χ3n) is 3.22. The monoisotopic (exact) mass is 288 g/mol. The van der Waals surface area contributed by atoms with Crippen LogP contribution in [0.5, 0.6) is 0 Å². The number of nitrogens with zero attached hydrogens (tertiary/aromatic N) is 3. The molecule has 0 aliphatic heterocycles. The number of amides is 1. The number of hydrogen-bond acceptors (Lipinski definition) is 4. The predicted molar refractivity (Wildman–Crippen MR) is 76.8 cm³/mol. The molecule has 0 bridgehead atoms. The van der Waals surface area contributed by atoms with E-state index in [4.69, 9.17) is 0 Å². The summed E-state index contributed by atoms with van der Waals surface area (Å²) in [5.41, 5.74) is 1.97. The van der Waals surface area contributed by atoms with Crippen LogP contribution < -0.4 is 0 Å². The molecule has 0 unspecified atom stereocenters. The smallest absolute Gasteiger partial charge is 0.269 e. The fourth-order valence-electron chi connectivity index (χ4n) is 2.05. The van der Waals surface area contributed by atoms with Gasteiger partial charge in [0, 0.05) is 30.9 Å². The highest BCUT2D eigenvalue weighted by atomic mass is 16.6. The molecule has 1 aromatic heterocycles. The van der Waals surface area contributed by atoms with Gasteiger partial charge in [0.2, 0.25) is 0 Å². The number of carbonyl (C=O) groups is 1. The van der Waals surface area contributed by atoms with Gasteiger partial charge in [0.1, 0.15) is 0 Å². The number of nitrogens with one attached hydrogen (secondary N) is 1. The Labute approximate surface area is 121 Å². The Morgan fingerprint density at radius 1 is 1.48 bits per heavy atom. The Balaban J connectivity index is 2.20. The standard InChI is InChI=1S/C14H16N4O3/c1-3-17(14(19)13-8-15-16-10(13)2)9-11-5-4-6-12(7-11)18(20)21/h4-8H,3,9H2,1-2H3,(H,15,16). The molecule has 0 radical (unpaired) electrons. The van der Waals surface area contributed by atoms with Crippen LogP contribution in [0.15, 0.2) is 30.5 Å². The third kappa shape index (κ3) is 3.25. The zero-order valence-electron chi connectivity index (χ0n) is 11.9. The maximum absolute atomic E-state index is 12.4. The van der Waals surface area contributed by atoms with E-state index in [9.17, 15) is 14.9 Å². The summed E-state index contributed by atoms with van der Waals surface area (Å²) in [4.78, 5) is 24.4. The lowest BCUT2D eigenvalue weighted by Crippen LogP contribution is -2.30. The lowest BCUT2D eigenvalue weighted by molar-refractivity contribution is -0.384. The van der Waals surface area contributed by atoms with Crippen molar-refractivity contribution < 1.29 is 9.72 Å². The molecule has 1 amide bonds. The van der Waals surface area contributed by atoms with Crippen LogP contribution in [-0.2, 0) is 6.54 Å². The van der Waals surface area contributed by atoms with Crippen molar-refractivity contribution in [3.05, 3.63) is 57.4 Å². The van der Waals surface area contributed by atoms with Crippen LogP contribution in [0.1, 0.15) is 28.5 Å². The molecular formula is C14H16N4O3. The first-order valence-electron chi connectivity index (χ1n) is 6.55. The Morgan fingerprint density at radius 3 is 2.81 bits per heavy atom. The van der Waals surface area contributed by atoms with E-state index in [-0.39, 0.29) is 11.6 Å². The summed E-state index contributed by atoms with van der Waals surface area (Å²) >= 11 is 0. The molecule has 0 atom stereocenters. The minimum atomic E-state index is -0.443. The summed E-state index contributed by atoms with van der Waals surface area (Å²) in [6, 6.07) is 6.31. The fourth-order valence-corrected chi connectivity index (χ4v) is 2.05. The van der Waals surface area contributed by atoms with Crippen molar-refractivity contribution in [2.75, 3.05) is 6.54 Å². The molecule has 1 aromatic carbocycles. The van der Waals surface area contributed by atoms with Gasteiger partial charge < -0.3 is 4.90 Å². The van der Waals surface area contributed by atoms with Crippen LogP contribution in [0.3, 0.4) is 0 Å². The molecule has 7 nitrogen and oxygen atoms in total. The normalized spacial score (nSPS) is 10.4. The van der Waals surface area contributed by atoms with E-state index >= 15 is 0 Å². The lowest BCUT2D eigenvalue weighted by Gasteiger charge is -2.20. The van der Waals surface area contributed by atoms with Crippen molar-refractivity contribution in [1.82, 2.24) is 15.1 Å². The molecule has 7 heteroatoms. The highest BCUT2D eigenvalue weighted by molar-refractivity contribution is 5.94. The van der Waals surface area contributed by atoms with Gasteiger partial charge in [-0.3, -0.25) is 20.0 Å². The summed E-state index contributed by atoms with van der Waals surface area (Å²) in [6.07, 6.45) is 1.49. The summed E-state index contributed by atoms with van der Waals surface area (Å²) < 4.78 is 0. The van der Waals surface area contributed by atoms with Gasteiger partial charge in [-0.25, -0.2) is 0 Å². The second kappa shape index (κ2) is 6.17. The SMILES string of the molecule is CCN(Cc1cccc([N+](=O)[O-])c1)C(=O)c1cn[nH]c1C. The van der Waals surface area contributed by atoms with E-state index in [1.165, 1.54) is 18.3 Å². The molecule has 0 fully saturated rings. The number of rotatable bonds is 5. The van der Waals surface area contributed by atoms with Crippen molar-refractivity contribution in [3.8, 4) is 0 Å². The fraction of sp³-hybridized carbons (Fsp3) is 0.286. The summed E-state index contributed by atoms with van der Waals surface area (Å²) in [6.45, 7) is 4.47. The van der Waals surface area contributed by atoms with E-state index in [1.54, 1.807) is 24.0 Å². The average Bonchev–Trinajstić information content (AvgIpc) is 2.90. The number of benzene rings is 1. The zero-order valence-corrected chi connectivity index (χ0v) is 11.9. The Morgan fingerprint density at radius 2 is 2.24 bits per heavy atom. The van der Waals surface area contributed by atoms with E-state index in [0.717, 1.165) is 5.56 Å². The highest BCUT2D eigenvalue weighted by Gasteiger charge is 2.18. The number of aromatic amines is 1. The van der Waals surface area contributed by atoms with E-state index in [1.807, 2.05) is 6.92 Å². The van der Waals surface area contributed by atoms with E-state index < -0.39 is 4.92 Å². The summed E-state index contributed by atoms with van der Waals surface area (Å²) in [5.74, 6) is -0.143. The van der Waals surface area contributed by atoms with Gasteiger partial charge in [-0.2, -0.15) is 5.10 Å². The number of aryl methyl sites for hydroxylation is 1. The van der Waals surface area contributed by atoms with Gasteiger partial charge in [-0.15, -0.1) is 0 Å². The molecule has 1 N–H and O–H groups in total. The molecule has 21 heavy (non-hydrogen) atoms. The van der Waals surface area contributed by atoms with Crippen molar-refractivity contribution in [3.63, 3.8) is 0 Å². The lowest BCUT2D eigenvalue weighted by atomic mass is 10.1. The van der Waals surface area contributed by atoms with Gasteiger partial charge in [0.15, 0.2) is 0 Å². The first-order chi connectivity index (χ1) is 10.0. The maximum Gasteiger partial charge on any atom is 0.269 e. The molecule has 0 aliphatic carbocycles. The van der Waals surface area contributed by atoms with Gasteiger partial charge in [-0.05, 0) is 19.4 Å². The van der Waals surface area contributed by atoms with Crippen LogP contribution >= 0.6 is 0 Å². The average molecular weight is 288 g/mol. The molecule has 110 valence electrons. The predicted octanol–water partition coefficient (Wildman–Crippen LogP) is 2.29. The van der Waals surface area contributed by atoms with Gasteiger partial charge in [-0.1, -0.05) is 12.1 Å². The number of aromatic nitrogens is 2. The maximum atomic E-state index is 12.4. The molecule has 0 aliphatic rings. The number of nitro groups is 1. The second-order valence-electron chi connectivity index (χ2n) is 4.66. The number of carbonyl (C=O) groups excluding carboxylic acids is 1. The second-order valence-corrected chi connectivity index (χ2v) is 4.66. The minimum Gasteiger partial charge on any atom is -0.334 e. The van der Waals surface area contributed by atoms with Gasteiger partial charge in [0.25, 0.3) is 11.6 Å². The number of hydrogen-bond donors (Lipinski definition) is 1. The van der Waals surface area contributed by atoms with Crippen molar-refractivity contribution >= 4 is 11.6 Å². The molecule has 0 saturated heterocycles. The van der Waals surface area contributed by atoms with Crippen molar-refractivity contribution in [2.45, 2.75) is 20.4 Å². The Hall–Kier alpha value is -2.70. The number of H-pyrrole nitrogens is 1. The molecule has 2 rings (SSSR count).